The maximum Gasteiger partial charge on any atom is 0.0443 e. The zero-order valence-electron chi connectivity index (χ0n) is 10.9. The lowest BCUT2D eigenvalue weighted by Crippen LogP contribution is -2.43. The molecule has 0 radical (unpaired) electrons. The maximum atomic E-state index is 8.92. The van der Waals surface area contributed by atoms with E-state index in [9.17, 15) is 0 Å². The molecule has 3 N–H and O–H groups in total. The Morgan fingerprint density at radius 2 is 2.00 bits per heavy atom. The van der Waals surface area contributed by atoms with Gasteiger partial charge in [-0.05, 0) is 44.2 Å². The van der Waals surface area contributed by atoms with Crippen LogP contribution in [0, 0.1) is 5.41 Å². The number of rotatable bonds is 8. The van der Waals surface area contributed by atoms with Crippen LogP contribution in [-0.2, 0) is 0 Å². The SMILES string of the molecule is CC(C)(CN)CCN(CCCO)C1CCC1. The van der Waals surface area contributed by atoms with Crippen LogP contribution in [0.2, 0.25) is 0 Å². The van der Waals surface area contributed by atoms with Gasteiger partial charge < -0.3 is 15.7 Å². The third-order valence-electron chi connectivity index (χ3n) is 3.82. The maximum absolute atomic E-state index is 8.92. The Morgan fingerprint density at radius 3 is 2.44 bits per heavy atom. The highest BCUT2D eigenvalue weighted by Crippen LogP contribution is 2.27. The molecule has 0 amide bonds. The minimum Gasteiger partial charge on any atom is -0.396 e. The van der Waals surface area contributed by atoms with Gasteiger partial charge in [-0.15, -0.1) is 0 Å². The highest BCUT2D eigenvalue weighted by molar-refractivity contribution is 4.81. The van der Waals surface area contributed by atoms with Crippen molar-refractivity contribution in [3.63, 3.8) is 0 Å². The largest absolute Gasteiger partial charge is 0.396 e. The summed E-state index contributed by atoms with van der Waals surface area (Å²) in [5.74, 6) is 0. The van der Waals surface area contributed by atoms with Gasteiger partial charge in [0.1, 0.15) is 0 Å². The number of nitrogens with zero attached hydrogens (tertiary/aromatic N) is 1. The molecule has 0 atom stereocenters. The second-order valence-electron chi connectivity index (χ2n) is 5.82. The normalized spacial score (nSPS) is 17.8. The Bertz CT molecular complexity index is 190. The lowest BCUT2D eigenvalue weighted by Gasteiger charge is -2.39. The fourth-order valence-corrected chi connectivity index (χ4v) is 2.05. The van der Waals surface area contributed by atoms with Crippen LogP contribution in [0.15, 0.2) is 0 Å². The van der Waals surface area contributed by atoms with Gasteiger partial charge in [-0.2, -0.15) is 0 Å². The van der Waals surface area contributed by atoms with E-state index in [0.717, 1.165) is 38.5 Å². The fourth-order valence-electron chi connectivity index (χ4n) is 2.05. The first-order chi connectivity index (χ1) is 7.59. The van der Waals surface area contributed by atoms with E-state index < -0.39 is 0 Å². The number of aliphatic hydroxyl groups is 1. The third-order valence-corrected chi connectivity index (χ3v) is 3.82. The molecule has 1 saturated carbocycles. The van der Waals surface area contributed by atoms with Crippen LogP contribution in [0.3, 0.4) is 0 Å². The van der Waals surface area contributed by atoms with Crippen molar-refractivity contribution in [3.8, 4) is 0 Å². The van der Waals surface area contributed by atoms with E-state index in [1.54, 1.807) is 0 Å². The molecule has 3 nitrogen and oxygen atoms in total. The van der Waals surface area contributed by atoms with Crippen LogP contribution in [-0.4, -0.2) is 42.3 Å². The number of hydrogen-bond acceptors (Lipinski definition) is 3. The van der Waals surface area contributed by atoms with Gasteiger partial charge in [0.2, 0.25) is 0 Å². The molecule has 0 heterocycles. The van der Waals surface area contributed by atoms with E-state index >= 15 is 0 Å². The number of aliphatic hydroxyl groups excluding tert-OH is 1. The zero-order valence-corrected chi connectivity index (χ0v) is 10.9. The molecule has 0 bridgehead atoms. The van der Waals surface area contributed by atoms with E-state index in [4.69, 9.17) is 10.8 Å². The third kappa shape index (κ3) is 4.40. The summed E-state index contributed by atoms with van der Waals surface area (Å²) in [5, 5.41) is 8.92. The van der Waals surface area contributed by atoms with E-state index in [2.05, 4.69) is 18.7 Å². The highest BCUT2D eigenvalue weighted by atomic mass is 16.3. The second kappa shape index (κ2) is 6.58. The molecule has 0 aromatic rings. The molecule has 0 spiro atoms. The van der Waals surface area contributed by atoms with Gasteiger partial charge in [0.15, 0.2) is 0 Å². The molecule has 0 unspecified atom stereocenters. The van der Waals surface area contributed by atoms with Gasteiger partial charge in [0.25, 0.3) is 0 Å². The molecule has 1 rings (SSSR count). The molecule has 96 valence electrons. The quantitative estimate of drug-likeness (QED) is 0.663. The van der Waals surface area contributed by atoms with Gasteiger partial charge >= 0.3 is 0 Å². The minimum absolute atomic E-state index is 0.251. The van der Waals surface area contributed by atoms with Gasteiger partial charge in [-0.3, -0.25) is 0 Å². The lowest BCUT2D eigenvalue weighted by molar-refractivity contribution is 0.102. The predicted molar refractivity (Wildman–Crippen MR) is 68.4 cm³/mol. The molecule has 0 saturated heterocycles. The first-order valence-electron chi connectivity index (χ1n) is 6.64. The van der Waals surface area contributed by atoms with Crippen molar-refractivity contribution < 1.29 is 5.11 Å². The van der Waals surface area contributed by atoms with Gasteiger partial charge in [0.05, 0.1) is 0 Å². The Hall–Kier alpha value is -0.120. The minimum atomic E-state index is 0.251. The first kappa shape index (κ1) is 13.9. The Kier molecular flexibility index (Phi) is 5.73. The molecule has 1 fully saturated rings. The average molecular weight is 228 g/mol. The highest BCUT2D eigenvalue weighted by Gasteiger charge is 2.26. The van der Waals surface area contributed by atoms with Gasteiger partial charge in [-0.1, -0.05) is 20.3 Å². The zero-order chi connectivity index (χ0) is 12.0. The molecule has 0 aromatic heterocycles. The number of hydrogen-bond donors (Lipinski definition) is 2. The first-order valence-corrected chi connectivity index (χ1v) is 6.64. The van der Waals surface area contributed by atoms with Crippen LogP contribution in [0.5, 0.6) is 0 Å². The van der Waals surface area contributed by atoms with Crippen molar-refractivity contribution in [1.29, 1.82) is 0 Å². The summed E-state index contributed by atoms with van der Waals surface area (Å²) in [6.45, 7) is 7.71. The Morgan fingerprint density at radius 1 is 1.31 bits per heavy atom. The second-order valence-corrected chi connectivity index (χ2v) is 5.82. The van der Waals surface area contributed by atoms with E-state index in [1.807, 2.05) is 0 Å². The van der Waals surface area contributed by atoms with Crippen molar-refractivity contribution in [1.82, 2.24) is 4.90 Å². The van der Waals surface area contributed by atoms with Crippen LogP contribution < -0.4 is 5.73 Å². The molecule has 0 aromatic carbocycles. The number of nitrogens with two attached hydrogens (primary N) is 1. The predicted octanol–water partition coefficient (Wildman–Crippen LogP) is 1.60. The smallest absolute Gasteiger partial charge is 0.0443 e. The molecule has 0 aliphatic heterocycles. The lowest BCUT2D eigenvalue weighted by atomic mass is 9.87. The van der Waals surface area contributed by atoms with Crippen molar-refractivity contribution in [3.05, 3.63) is 0 Å². The van der Waals surface area contributed by atoms with E-state index in [-0.39, 0.29) is 5.41 Å². The van der Waals surface area contributed by atoms with Crippen molar-refractivity contribution in [2.45, 2.75) is 52.0 Å². The molecule has 1 aliphatic rings. The topological polar surface area (TPSA) is 49.5 Å². The Balaban J connectivity index is 2.31. The monoisotopic (exact) mass is 228 g/mol. The standard InChI is InChI=1S/C13H28N2O/c1-13(2,11-14)7-9-15(8-4-10-16)12-5-3-6-12/h12,16H,3-11,14H2,1-2H3. The summed E-state index contributed by atoms with van der Waals surface area (Å²) >= 11 is 0. The van der Waals surface area contributed by atoms with Crippen molar-refractivity contribution >= 4 is 0 Å². The summed E-state index contributed by atoms with van der Waals surface area (Å²) in [5.41, 5.74) is 6.01. The van der Waals surface area contributed by atoms with E-state index in [1.165, 1.54) is 19.3 Å². The summed E-state index contributed by atoms with van der Waals surface area (Å²) in [4.78, 5) is 2.55. The summed E-state index contributed by atoms with van der Waals surface area (Å²) < 4.78 is 0. The van der Waals surface area contributed by atoms with Gasteiger partial charge in [0, 0.05) is 19.2 Å². The molecule has 1 aliphatic carbocycles. The fraction of sp³-hybridized carbons (Fsp3) is 1.00. The van der Waals surface area contributed by atoms with Crippen molar-refractivity contribution in [2.75, 3.05) is 26.2 Å². The van der Waals surface area contributed by atoms with E-state index in [0.29, 0.717) is 6.61 Å². The summed E-state index contributed by atoms with van der Waals surface area (Å²) in [6.07, 6.45) is 6.12. The summed E-state index contributed by atoms with van der Waals surface area (Å²) in [6, 6.07) is 0.778. The average Bonchev–Trinajstić information content (AvgIpc) is 2.19. The Labute approximate surface area is 100 Å². The molecule has 3 heteroatoms. The van der Waals surface area contributed by atoms with Crippen LogP contribution >= 0.6 is 0 Å². The molecule has 16 heavy (non-hydrogen) atoms. The van der Waals surface area contributed by atoms with Crippen LogP contribution in [0.1, 0.15) is 46.0 Å². The van der Waals surface area contributed by atoms with Crippen molar-refractivity contribution in [2.24, 2.45) is 11.1 Å². The van der Waals surface area contributed by atoms with Gasteiger partial charge in [-0.25, -0.2) is 0 Å². The molecular formula is C13H28N2O. The van der Waals surface area contributed by atoms with Crippen LogP contribution in [0.4, 0.5) is 0 Å². The van der Waals surface area contributed by atoms with Crippen LogP contribution in [0.25, 0.3) is 0 Å². The summed E-state index contributed by atoms with van der Waals surface area (Å²) in [7, 11) is 0. The molecular weight excluding hydrogens is 200 g/mol.